The van der Waals surface area contributed by atoms with Crippen LogP contribution < -0.4 is 0 Å². The SMILES string of the molecule is CC/C=C/C=C/C=C/C=C/C=C/CCCC(=O)OC(COCCC(C(=O)O)[N+](C)(C)C)COC(=O)CCCC/C=C/C/C=C/C/C=C/C/C=C/C/C=C/CCCCC. The van der Waals surface area contributed by atoms with Crippen LogP contribution in [-0.4, -0.2) is 80.6 Å². The van der Waals surface area contributed by atoms with Gasteiger partial charge in [0, 0.05) is 19.3 Å². The molecular formula is C50H78NO7+. The molecule has 0 amide bonds. The van der Waals surface area contributed by atoms with E-state index in [0.29, 0.717) is 25.7 Å². The molecule has 2 unspecified atom stereocenters. The lowest BCUT2D eigenvalue weighted by Crippen LogP contribution is -2.50. The van der Waals surface area contributed by atoms with Crippen molar-refractivity contribution in [1.82, 2.24) is 0 Å². The van der Waals surface area contributed by atoms with Crippen LogP contribution in [0.4, 0.5) is 0 Å². The summed E-state index contributed by atoms with van der Waals surface area (Å²) in [5, 5.41) is 9.61. The highest BCUT2D eigenvalue weighted by molar-refractivity contribution is 5.72. The zero-order valence-electron chi connectivity index (χ0n) is 36.7. The third-order valence-electron chi connectivity index (χ3n) is 8.72. The molecule has 0 rings (SSSR count). The van der Waals surface area contributed by atoms with Crippen LogP contribution in [0.15, 0.2) is 122 Å². The summed E-state index contributed by atoms with van der Waals surface area (Å²) in [5.41, 5.74) is 0. The van der Waals surface area contributed by atoms with Gasteiger partial charge in [-0.1, -0.05) is 148 Å². The average Bonchev–Trinajstić information content (AvgIpc) is 3.18. The summed E-state index contributed by atoms with van der Waals surface area (Å²) in [6.07, 6.45) is 55.5. The number of hydrogen-bond acceptors (Lipinski definition) is 6. The van der Waals surface area contributed by atoms with E-state index in [2.05, 4.69) is 80.7 Å². The van der Waals surface area contributed by atoms with E-state index in [-0.39, 0.29) is 43.1 Å². The number of allylic oxidation sites excluding steroid dienone is 20. The number of esters is 2. The molecule has 0 aliphatic rings. The van der Waals surface area contributed by atoms with Crippen LogP contribution in [0.3, 0.4) is 0 Å². The molecule has 0 saturated carbocycles. The van der Waals surface area contributed by atoms with Gasteiger partial charge in [0.1, 0.15) is 6.61 Å². The van der Waals surface area contributed by atoms with E-state index < -0.39 is 24.1 Å². The minimum Gasteiger partial charge on any atom is -0.477 e. The summed E-state index contributed by atoms with van der Waals surface area (Å²) in [6.45, 7) is 4.40. The number of carbonyl (C=O) groups excluding carboxylic acids is 2. The van der Waals surface area contributed by atoms with Gasteiger partial charge >= 0.3 is 17.9 Å². The number of likely N-dealkylation sites (N-methyl/N-ethyl adjacent to an activating group) is 1. The van der Waals surface area contributed by atoms with Crippen molar-refractivity contribution in [1.29, 1.82) is 0 Å². The van der Waals surface area contributed by atoms with E-state index >= 15 is 0 Å². The fourth-order valence-corrected chi connectivity index (χ4v) is 5.37. The first kappa shape index (κ1) is 53.7. The van der Waals surface area contributed by atoms with E-state index in [1.54, 1.807) is 0 Å². The maximum Gasteiger partial charge on any atom is 0.362 e. The van der Waals surface area contributed by atoms with Gasteiger partial charge in [-0.05, 0) is 77.0 Å². The summed E-state index contributed by atoms with van der Waals surface area (Å²) in [4.78, 5) is 36.9. The molecule has 8 heteroatoms. The summed E-state index contributed by atoms with van der Waals surface area (Å²) in [5.74, 6) is -1.64. The second kappa shape index (κ2) is 39.6. The van der Waals surface area contributed by atoms with Crippen LogP contribution in [0.25, 0.3) is 0 Å². The normalized spacial score (nSPS) is 14.2. The Hall–Kier alpha value is -4.27. The molecule has 0 aliphatic heterocycles. The highest BCUT2D eigenvalue weighted by Crippen LogP contribution is 2.11. The van der Waals surface area contributed by atoms with Crippen molar-refractivity contribution in [3.63, 3.8) is 0 Å². The van der Waals surface area contributed by atoms with Gasteiger partial charge in [-0.15, -0.1) is 0 Å². The summed E-state index contributed by atoms with van der Waals surface area (Å²) >= 11 is 0. The Morgan fingerprint density at radius 3 is 1.55 bits per heavy atom. The van der Waals surface area contributed by atoms with Crippen LogP contribution in [-0.2, 0) is 28.6 Å². The molecule has 0 aliphatic carbocycles. The molecule has 0 radical (unpaired) electrons. The smallest absolute Gasteiger partial charge is 0.362 e. The molecular weight excluding hydrogens is 727 g/mol. The number of unbranched alkanes of at least 4 members (excludes halogenated alkanes) is 6. The minimum atomic E-state index is -0.899. The van der Waals surface area contributed by atoms with Gasteiger partial charge in [0.2, 0.25) is 0 Å². The van der Waals surface area contributed by atoms with Gasteiger partial charge in [-0.2, -0.15) is 0 Å². The predicted octanol–water partition coefficient (Wildman–Crippen LogP) is 11.9. The van der Waals surface area contributed by atoms with E-state index in [4.69, 9.17) is 14.2 Å². The lowest BCUT2D eigenvalue weighted by Gasteiger charge is -2.31. The van der Waals surface area contributed by atoms with Gasteiger partial charge in [-0.25, -0.2) is 4.79 Å². The summed E-state index contributed by atoms with van der Waals surface area (Å²) < 4.78 is 17.1. The number of carbonyl (C=O) groups is 3. The first-order valence-corrected chi connectivity index (χ1v) is 21.6. The standard InChI is InChI=1S/C50H77NO7/c1-6-8-10-12-14-16-18-20-21-22-23-24-25-26-27-29-30-32-34-36-38-40-48(52)57-45-46(44-56-43-42-47(50(54)55)51(3,4)5)58-49(53)41-39-37-35-33-31-28-19-17-15-13-11-9-7-2/h9,11,13-17,19-21,23-24,26-28,30-33,35,46-47H,6-8,10,12,18,22,25,29,34,36-45H2,1-5H3/p+1/b11-9+,15-13+,16-14+,19-17+,21-20+,24-23+,27-26+,31-28+,32-30+,35-33+. The molecule has 0 aromatic carbocycles. The van der Waals surface area contributed by atoms with Crippen molar-refractivity contribution < 1.29 is 38.2 Å². The third kappa shape index (κ3) is 37.3. The fraction of sp³-hybridized carbons (Fsp3) is 0.540. The van der Waals surface area contributed by atoms with Crippen molar-refractivity contribution >= 4 is 17.9 Å². The van der Waals surface area contributed by atoms with Gasteiger partial charge in [0.05, 0.1) is 34.4 Å². The Morgan fingerprint density at radius 1 is 0.552 bits per heavy atom. The van der Waals surface area contributed by atoms with Gasteiger partial charge in [0.25, 0.3) is 0 Å². The molecule has 2 atom stereocenters. The Morgan fingerprint density at radius 2 is 1.03 bits per heavy atom. The van der Waals surface area contributed by atoms with E-state index in [0.717, 1.165) is 44.9 Å². The molecule has 324 valence electrons. The number of nitrogens with zero attached hydrogens (tertiary/aromatic N) is 1. The van der Waals surface area contributed by atoms with Crippen molar-refractivity contribution in [3.8, 4) is 0 Å². The Bertz CT molecular complexity index is 1350. The highest BCUT2D eigenvalue weighted by Gasteiger charge is 2.31. The van der Waals surface area contributed by atoms with Gasteiger partial charge in [-0.3, -0.25) is 9.59 Å². The monoisotopic (exact) mass is 805 g/mol. The number of carboxylic acids is 1. The van der Waals surface area contributed by atoms with Crippen LogP contribution in [0.2, 0.25) is 0 Å². The van der Waals surface area contributed by atoms with Crippen LogP contribution in [0, 0.1) is 0 Å². The van der Waals surface area contributed by atoms with Crippen molar-refractivity contribution in [2.75, 3.05) is 41.0 Å². The van der Waals surface area contributed by atoms with Crippen LogP contribution in [0.5, 0.6) is 0 Å². The number of aliphatic carboxylic acids is 1. The van der Waals surface area contributed by atoms with Gasteiger partial charge in [0.15, 0.2) is 12.1 Å². The van der Waals surface area contributed by atoms with Crippen LogP contribution in [0.1, 0.15) is 123 Å². The second-order valence-corrected chi connectivity index (χ2v) is 15.0. The number of ether oxygens (including phenoxy) is 3. The van der Waals surface area contributed by atoms with Crippen LogP contribution >= 0.6 is 0 Å². The third-order valence-corrected chi connectivity index (χ3v) is 8.72. The lowest BCUT2D eigenvalue weighted by atomic mass is 10.1. The predicted molar refractivity (Wildman–Crippen MR) is 242 cm³/mol. The second-order valence-electron chi connectivity index (χ2n) is 15.0. The quantitative estimate of drug-likeness (QED) is 0.0221. The molecule has 0 heterocycles. The highest BCUT2D eigenvalue weighted by atomic mass is 16.6. The van der Waals surface area contributed by atoms with Crippen molar-refractivity contribution in [2.45, 2.75) is 135 Å². The van der Waals surface area contributed by atoms with E-state index in [9.17, 15) is 19.5 Å². The molecule has 0 aromatic heterocycles. The van der Waals surface area contributed by atoms with Gasteiger partial charge < -0.3 is 23.8 Å². The maximum atomic E-state index is 12.7. The molecule has 0 spiro atoms. The Labute approximate surface area is 352 Å². The number of rotatable bonds is 36. The van der Waals surface area contributed by atoms with Crippen molar-refractivity contribution in [3.05, 3.63) is 122 Å². The molecule has 58 heavy (non-hydrogen) atoms. The number of carboxylic acid groups (broad SMARTS) is 1. The average molecular weight is 805 g/mol. The molecule has 0 bridgehead atoms. The maximum absolute atomic E-state index is 12.7. The Kier molecular flexibility index (Phi) is 36.6. The number of quaternary nitrogens is 1. The largest absolute Gasteiger partial charge is 0.477 e. The lowest BCUT2D eigenvalue weighted by molar-refractivity contribution is -0.887. The molecule has 1 N–H and O–H groups in total. The molecule has 0 saturated heterocycles. The van der Waals surface area contributed by atoms with E-state index in [1.807, 2.05) is 75.8 Å². The number of hydrogen-bond donors (Lipinski definition) is 1. The minimum absolute atomic E-state index is 0.00896. The molecule has 8 nitrogen and oxygen atoms in total. The van der Waals surface area contributed by atoms with E-state index in [1.165, 1.54) is 25.7 Å². The first-order valence-electron chi connectivity index (χ1n) is 21.6. The first-order chi connectivity index (χ1) is 28.1. The summed E-state index contributed by atoms with van der Waals surface area (Å²) in [7, 11) is 5.47. The molecule has 0 fully saturated rings. The topological polar surface area (TPSA) is 99.1 Å². The zero-order chi connectivity index (χ0) is 42.8. The molecule has 0 aromatic rings. The zero-order valence-corrected chi connectivity index (χ0v) is 36.7. The fourth-order valence-electron chi connectivity index (χ4n) is 5.37. The Balaban J connectivity index is 4.53. The van der Waals surface area contributed by atoms with Crippen molar-refractivity contribution in [2.24, 2.45) is 0 Å². The summed E-state index contributed by atoms with van der Waals surface area (Å²) in [6, 6.07) is -0.642.